The van der Waals surface area contributed by atoms with Crippen molar-refractivity contribution < 1.29 is 9.84 Å². The number of benzene rings is 3. The lowest BCUT2D eigenvalue weighted by Crippen LogP contribution is -2.42. The highest BCUT2D eigenvalue weighted by Crippen LogP contribution is 2.46. The number of ether oxygens (including phenoxy) is 1. The third-order valence-electron chi connectivity index (χ3n) is 4.96. The molecule has 0 aliphatic rings. The molecule has 0 spiro atoms. The number of aliphatic hydroxyl groups excluding tert-OH is 1. The van der Waals surface area contributed by atoms with Crippen LogP contribution in [0.3, 0.4) is 0 Å². The van der Waals surface area contributed by atoms with Crippen LogP contribution in [0.25, 0.3) is 0 Å². The Balaban J connectivity index is 2.39. The standard InChI is InChI=1S/C24H26O2/c1-3-23(25)24(19-13-7-5-8-14-19,20-15-9-6-10-16-20)21-17-11-12-18-22(21)26-4-2/h5-18,23,25H,3-4H2,1-2H3. The van der Waals surface area contributed by atoms with Crippen LogP contribution in [0.4, 0.5) is 0 Å². The summed E-state index contributed by atoms with van der Waals surface area (Å²) in [5.74, 6) is 0.815. The first-order valence-corrected chi connectivity index (χ1v) is 9.26. The summed E-state index contributed by atoms with van der Waals surface area (Å²) in [6.45, 7) is 4.59. The van der Waals surface area contributed by atoms with Gasteiger partial charge in [0.15, 0.2) is 0 Å². The van der Waals surface area contributed by atoms with Crippen LogP contribution in [0, 0.1) is 0 Å². The third kappa shape index (κ3) is 3.13. The average Bonchev–Trinajstić information content (AvgIpc) is 2.71. The van der Waals surface area contributed by atoms with Gasteiger partial charge >= 0.3 is 0 Å². The number of hydrogen-bond acceptors (Lipinski definition) is 2. The van der Waals surface area contributed by atoms with E-state index in [9.17, 15) is 5.11 Å². The van der Waals surface area contributed by atoms with E-state index in [4.69, 9.17) is 4.74 Å². The summed E-state index contributed by atoms with van der Waals surface area (Å²) < 4.78 is 5.97. The van der Waals surface area contributed by atoms with Gasteiger partial charge in [-0.2, -0.15) is 0 Å². The monoisotopic (exact) mass is 346 g/mol. The normalized spacial score (nSPS) is 12.6. The summed E-state index contributed by atoms with van der Waals surface area (Å²) in [6.07, 6.45) is 0.0402. The maximum absolute atomic E-state index is 11.4. The molecule has 3 aromatic carbocycles. The van der Waals surface area contributed by atoms with E-state index in [0.717, 1.165) is 22.4 Å². The van der Waals surface area contributed by atoms with Crippen LogP contribution >= 0.6 is 0 Å². The number of para-hydroxylation sites is 1. The van der Waals surface area contributed by atoms with Crippen LogP contribution in [0.15, 0.2) is 84.9 Å². The smallest absolute Gasteiger partial charge is 0.123 e. The Bertz CT molecular complexity index is 772. The van der Waals surface area contributed by atoms with Gasteiger partial charge in [-0.25, -0.2) is 0 Å². The van der Waals surface area contributed by atoms with Crippen molar-refractivity contribution in [2.24, 2.45) is 0 Å². The molecule has 0 bridgehead atoms. The zero-order valence-electron chi connectivity index (χ0n) is 15.4. The largest absolute Gasteiger partial charge is 0.494 e. The fraction of sp³-hybridized carbons (Fsp3) is 0.250. The summed E-state index contributed by atoms with van der Waals surface area (Å²) in [5, 5.41) is 11.4. The zero-order valence-corrected chi connectivity index (χ0v) is 15.4. The molecule has 0 amide bonds. The molecule has 0 saturated heterocycles. The van der Waals surface area contributed by atoms with Gasteiger partial charge < -0.3 is 9.84 Å². The molecular weight excluding hydrogens is 320 g/mol. The van der Waals surface area contributed by atoms with Gasteiger partial charge in [-0.15, -0.1) is 0 Å². The molecule has 2 nitrogen and oxygen atoms in total. The highest BCUT2D eigenvalue weighted by molar-refractivity contribution is 5.56. The minimum atomic E-state index is -0.691. The molecule has 0 aromatic heterocycles. The molecule has 26 heavy (non-hydrogen) atoms. The Kier molecular flexibility index (Phi) is 5.75. The highest BCUT2D eigenvalue weighted by Gasteiger charge is 2.44. The molecule has 0 fully saturated rings. The predicted molar refractivity (Wildman–Crippen MR) is 107 cm³/mol. The van der Waals surface area contributed by atoms with Crippen molar-refractivity contribution in [2.75, 3.05) is 6.61 Å². The highest BCUT2D eigenvalue weighted by atomic mass is 16.5. The SMILES string of the molecule is CCOc1ccccc1C(c1ccccc1)(c1ccccc1)C(O)CC. The van der Waals surface area contributed by atoms with E-state index in [1.807, 2.05) is 68.4 Å². The van der Waals surface area contributed by atoms with Gasteiger partial charge in [0.05, 0.1) is 18.1 Å². The minimum Gasteiger partial charge on any atom is -0.494 e. The van der Waals surface area contributed by atoms with E-state index < -0.39 is 11.5 Å². The maximum atomic E-state index is 11.4. The topological polar surface area (TPSA) is 29.5 Å². The number of rotatable bonds is 7. The van der Waals surface area contributed by atoms with Gasteiger partial charge in [0.25, 0.3) is 0 Å². The molecule has 0 aliphatic carbocycles. The van der Waals surface area contributed by atoms with Crippen molar-refractivity contribution in [1.29, 1.82) is 0 Å². The Hall–Kier alpha value is -2.58. The summed E-state index contributed by atoms with van der Waals surface area (Å²) >= 11 is 0. The van der Waals surface area contributed by atoms with E-state index in [0.29, 0.717) is 13.0 Å². The van der Waals surface area contributed by atoms with Crippen LogP contribution in [0.2, 0.25) is 0 Å². The number of hydrogen-bond donors (Lipinski definition) is 1. The lowest BCUT2D eigenvalue weighted by atomic mass is 9.65. The second-order valence-corrected chi connectivity index (χ2v) is 6.39. The summed E-state index contributed by atoms with van der Waals surface area (Å²) in [6, 6.07) is 28.5. The molecule has 1 atom stereocenters. The summed E-state index contributed by atoms with van der Waals surface area (Å²) in [5.41, 5.74) is 2.43. The lowest BCUT2D eigenvalue weighted by Gasteiger charge is -2.40. The fourth-order valence-electron chi connectivity index (χ4n) is 3.82. The molecule has 1 unspecified atom stereocenters. The maximum Gasteiger partial charge on any atom is 0.123 e. The second kappa shape index (κ2) is 8.20. The Labute approximate surface area is 156 Å². The van der Waals surface area contributed by atoms with Crippen molar-refractivity contribution in [3.8, 4) is 5.75 Å². The molecular formula is C24H26O2. The van der Waals surface area contributed by atoms with Crippen molar-refractivity contribution in [2.45, 2.75) is 31.8 Å². The van der Waals surface area contributed by atoms with Crippen LogP contribution in [0.5, 0.6) is 5.75 Å². The lowest BCUT2D eigenvalue weighted by molar-refractivity contribution is 0.115. The van der Waals surface area contributed by atoms with E-state index in [1.54, 1.807) is 0 Å². The van der Waals surface area contributed by atoms with E-state index in [1.165, 1.54) is 0 Å². The fourth-order valence-corrected chi connectivity index (χ4v) is 3.82. The van der Waals surface area contributed by atoms with Crippen molar-refractivity contribution in [3.63, 3.8) is 0 Å². The third-order valence-corrected chi connectivity index (χ3v) is 4.96. The Morgan fingerprint density at radius 2 is 1.27 bits per heavy atom. The average molecular weight is 346 g/mol. The van der Waals surface area contributed by atoms with Gasteiger partial charge in [0.1, 0.15) is 5.75 Å². The summed E-state index contributed by atoms with van der Waals surface area (Å²) in [7, 11) is 0. The molecule has 1 N–H and O–H groups in total. The number of aliphatic hydroxyl groups is 1. The van der Waals surface area contributed by atoms with Crippen molar-refractivity contribution >= 4 is 0 Å². The molecule has 0 aliphatic heterocycles. The van der Waals surface area contributed by atoms with E-state index in [2.05, 4.69) is 30.3 Å². The van der Waals surface area contributed by atoms with E-state index >= 15 is 0 Å². The molecule has 3 rings (SSSR count). The Morgan fingerprint density at radius 3 is 1.77 bits per heavy atom. The van der Waals surface area contributed by atoms with Crippen molar-refractivity contribution in [1.82, 2.24) is 0 Å². The molecule has 3 aromatic rings. The van der Waals surface area contributed by atoms with Crippen molar-refractivity contribution in [3.05, 3.63) is 102 Å². The summed E-state index contributed by atoms with van der Waals surface area (Å²) in [4.78, 5) is 0. The molecule has 0 radical (unpaired) electrons. The van der Waals surface area contributed by atoms with Gasteiger partial charge in [0, 0.05) is 5.56 Å². The Morgan fingerprint density at radius 1 is 0.769 bits per heavy atom. The van der Waals surface area contributed by atoms with Crippen LogP contribution in [-0.2, 0) is 5.41 Å². The molecule has 0 heterocycles. The van der Waals surface area contributed by atoms with Crippen LogP contribution in [-0.4, -0.2) is 17.8 Å². The second-order valence-electron chi connectivity index (χ2n) is 6.39. The van der Waals surface area contributed by atoms with E-state index in [-0.39, 0.29) is 0 Å². The van der Waals surface area contributed by atoms with Gasteiger partial charge in [-0.3, -0.25) is 0 Å². The van der Waals surface area contributed by atoms with Gasteiger partial charge in [-0.05, 0) is 30.5 Å². The first-order chi connectivity index (χ1) is 12.7. The van der Waals surface area contributed by atoms with Gasteiger partial charge in [-0.1, -0.05) is 85.8 Å². The predicted octanol–water partition coefficient (Wildman–Crippen LogP) is 5.19. The van der Waals surface area contributed by atoms with Crippen LogP contribution in [0.1, 0.15) is 37.0 Å². The first kappa shape index (κ1) is 18.2. The van der Waals surface area contributed by atoms with Crippen LogP contribution < -0.4 is 4.74 Å². The molecule has 0 saturated carbocycles. The quantitative estimate of drug-likeness (QED) is 0.597. The first-order valence-electron chi connectivity index (χ1n) is 9.26. The molecule has 134 valence electrons. The zero-order chi connectivity index (χ0) is 18.4. The minimum absolute atomic E-state index is 0.582. The van der Waals surface area contributed by atoms with Gasteiger partial charge in [0.2, 0.25) is 0 Å². The molecule has 2 heteroatoms.